The van der Waals surface area contributed by atoms with E-state index in [0.29, 0.717) is 12.1 Å². The number of aliphatic hydroxyl groups excluding tert-OH is 2. The van der Waals surface area contributed by atoms with Crippen molar-refractivity contribution in [1.29, 1.82) is 0 Å². The van der Waals surface area contributed by atoms with Crippen LogP contribution in [0, 0.1) is 10.1 Å². The number of hydrogen-bond donors (Lipinski definition) is 3. The molecule has 0 saturated carbocycles. The van der Waals surface area contributed by atoms with Crippen molar-refractivity contribution in [2.24, 2.45) is 0 Å². The van der Waals surface area contributed by atoms with Gasteiger partial charge in [-0.3, -0.25) is 10.1 Å². The molecule has 0 saturated heterocycles. The van der Waals surface area contributed by atoms with Crippen molar-refractivity contribution in [3.8, 4) is 0 Å². The summed E-state index contributed by atoms with van der Waals surface area (Å²) in [6.07, 6.45) is 0.503. The molecule has 94 valence electrons. The van der Waals surface area contributed by atoms with Crippen molar-refractivity contribution >= 4 is 11.4 Å². The van der Waals surface area contributed by atoms with E-state index in [1.54, 1.807) is 12.1 Å². The molecule has 0 radical (unpaired) electrons. The molecule has 6 heteroatoms. The molecular weight excluding hydrogens is 224 g/mol. The predicted octanol–water partition coefficient (Wildman–Crippen LogP) is 1.14. The molecule has 0 heterocycles. The zero-order valence-corrected chi connectivity index (χ0v) is 9.59. The summed E-state index contributed by atoms with van der Waals surface area (Å²) >= 11 is 0. The molecule has 6 nitrogen and oxygen atoms in total. The van der Waals surface area contributed by atoms with Gasteiger partial charge in [0.25, 0.3) is 5.69 Å². The van der Waals surface area contributed by atoms with Gasteiger partial charge < -0.3 is 15.5 Å². The van der Waals surface area contributed by atoms with Crippen LogP contribution in [0.3, 0.4) is 0 Å². The molecule has 0 aromatic heterocycles. The number of rotatable bonds is 6. The van der Waals surface area contributed by atoms with E-state index < -0.39 is 10.5 Å². The lowest BCUT2D eigenvalue weighted by atomic mass is 9.98. The summed E-state index contributed by atoms with van der Waals surface area (Å²) in [7, 11) is 0. The average Bonchev–Trinajstić information content (AvgIpc) is 2.36. The number of benzene rings is 1. The third-order valence-electron chi connectivity index (χ3n) is 2.75. The van der Waals surface area contributed by atoms with E-state index in [9.17, 15) is 20.3 Å². The summed E-state index contributed by atoms with van der Waals surface area (Å²) in [5.74, 6) is 0. The van der Waals surface area contributed by atoms with Crippen molar-refractivity contribution in [2.75, 3.05) is 18.5 Å². The van der Waals surface area contributed by atoms with Crippen LogP contribution in [0.5, 0.6) is 0 Å². The highest BCUT2D eigenvalue weighted by Gasteiger charge is 2.26. The van der Waals surface area contributed by atoms with Crippen LogP contribution in [-0.4, -0.2) is 33.9 Å². The van der Waals surface area contributed by atoms with E-state index >= 15 is 0 Å². The second kappa shape index (κ2) is 5.60. The maximum atomic E-state index is 10.6. The number of nitro benzene ring substituents is 1. The Labute approximate surface area is 99.0 Å². The van der Waals surface area contributed by atoms with E-state index in [1.807, 2.05) is 6.92 Å². The number of nitrogens with zero attached hydrogens (tertiary/aromatic N) is 1. The summed E-state index contributed by atoms with van der Waals surface area (Å²) in [5, 5.41) is 32.1. The van der Waals surface area contributed by atoms with Crippen LogP contribution >= 0.6 is 0 Å². The van der Waals surface area contributed by atoms with Gasteiger partial charge in [-0.2, -0.15) is 0 Å². The molecule has 0 unspecified atom stereocenters. The van der Waals surface area contributed by atoms with E-state index in [-0.39, 0.29) is 18.9 Å². The summed E-state index contributed by atoms with van der Waals surface area (Å²) < 4.78 is 0. The molecule has 0 aliphatic rings. The fourth-order valence-corrected chi connectivity index (χ4v) is 1.44. The van der Waals surface area contributed by atoms with Crippen molar-refractivity contribution in [3.63, 3.8) is 0 Å². The van der Waals surface area contributed by atoms with Gasteiger partial charge in [0.15, 0.2) is 0 Å². The Bertz CT molecular complexity index is 383. The topological polar surface area (TPSA) is 95.6 Å². The number of anilines is 1. The SMILES string of the molecule is CCC(CO)(CO)Nc1cccc([N+](=O)[O-])c1. The van der Waals surface area contributed by atoms with Gasteiger partial charge in [-0.25, -0.2) is 0 Å². The summed E-state index contributed by atoms with van der Waals surface area (Å²) in [6, 6.07) is 5.96. The second-order valence-electron chi connectivity index (χ2n) is 3.88. The largest absolute Gasteiger partial charge is 0.394 e. The first kappa shape index (κ1) is 13.4. The van der Waals surface area contributed by atoms with Crippen LogP contribution in [0.25, 0.3) is 0 Å². The fraction of sp³-hybridized carbons (Fsp3) is 0.455. The molecule has 0 amide bonds. The molecule has 1 aromatic rings. The first-order chi connectivity index (χ1) is 8.06. The summed E-state index contributed by atoms with van der Waals surface area (Å²) in [4.78, 5) is 10.1. The fourth-order valence-electron chi connectivity index (χ4n) is 1.44. The lowest BCUT2D eigenvalue weighted by Gasteiger charge is -2.30. The van der Waals surface area contributed by atoms with Crippen LogP contribution < -0.4 is 5.32 Å². The van der Waals surface area contributed by atoms with E-state index in [4.69, 9.17) is 0 Å². The average molecular weight is 240 g/mol. The molecule has 0 atom stereocenters. The third-order valence-corrected chi connectivity index (χ3v) is 2.75. The Morgan fingerprint density at radius 3 is 2.53 bits per heavy atom. The lowest BCUT2D eigenvalue weighted by Crippen LogP contribution is -2.45. The van der Waals surface area contributed by atoms with Gasteiger partial charge in [0.1, 0.15) is 0 Å². The highest BCUT2D eigenvalue weighted by Crippen LogP contribution is 2.22. The Morgan fingerprint density at radius 1 is 1.41 bits per heavy atom. The summed E-state index contributed by atoms with van der Waals surface area (Å²) in [5.41, 5.74) is -0.380. The zero-order valence-electron chi connectivity index (χ0n) is 9.59. The van der Waals surface area contributed by atoms with E-state index in [0.717, 1.165) is 0 Å². The monoisotopic (exact) mass is 240 g/mol. The zero-order chi connectivity index (χ0) is 12.9. The van der Waals surface area contributed by atoms with Gasteiger partial charge in [0.2, 0.25) is 0 Å². The summed E-state index contributed by atoms with van der Waals surface area (Å²) in [6.45, 7) is 1.32. The molecule has 0 spiro atoms. The second-order valence-corrected chi connectivity index (χ2v) is 3.88. The van der Waals surface area contributed by atoms with Crippen LogP contribution in [0.15, 0.2) is 24.3 Å². The first-order valence-corrected chi connectivity index (χ1v) is 5.31. The quantitative estimate of drug-likeness (QED) is 0.512. The molecule has 3 N–H and O–H groups in total. The minimum absolute atomic E-state index is 0.0316. The Kier molecular flexibility index (Phi) is 4.42. The number of aliphatic hydroxyl groups is 2. The molecule has 1 aromatic carbocycles. The number of hydrogen-bond acceptors (Lipinski definition) is 5. The van der Waals surface area contributed by atoms with Gasteiger partial charge >= 0.3 is 0 Å². The van der Waals surface area contributed by atoms with Crippen LogP contribution in [0.2, 0.25) is 0 Å². The Morgan fingerprint density at radius 2 is 2.06 bits per heavy atom. The molecule has 17 heavy (non-hydrogen) atoms. The Balaban J connectivity index is 2.93. The molecular formula is C11H16N2O4. The van der Waals surface area contributed by atoms with Gasteiger partial charge in [0.05, 0.1) is 23.7 Å². The van der Waals surface area contributed by atoms with Gasteiger partial charge in [-0.05, 0) is 12.5 Å². The van der Waals surface area contributed by atoms with Crippen LogP contribution in [0.1, 0.15) is 13.3 Å². The highest BCUT2D eigenvalue weighted by molar-refractivity contribution is 5.52. The molecule has 0 bridgehead atoms. The standard InChI is InChI=1S/C11H16N2O4/c1-2-11(7-14,8-15)12-9-4-3-5-10(6-9)13(16)17/h3-6,12,14-15H,2,7-8H2,1H3. The van der Waals surface area contributed by atoms with Gasteiger partial charge in [0, 0.05) is 17.8 Å². The minimum Gasteiger partial charge on any atom is -0.394 e. The lowest BCUT2D eigenvalue weighted by molar-refractivity contribution is -0.384. The van der Waals surface area contributed by atoms with Crippen LogP contribution in [0.4, 0.5) is 11.4 Å². The molecule has 0 aliphatic carbocycles. The molecule has 0 fully saturated rings. The predicted molar refractivity (Wildman–Crippen MR) is 63.9 cm³/mol. The maximum Gasteiger partial charge on any atom is 0.271 e. The van der Waals surface area contributed by atoms with E-state index in [2.05, 4.69) is 5.32 Å². The highest BCUT2D eigenvalue weighted by atomic mass is 16.6. The maximum absolute atomic E-state index is 10.6. The van der Waals surface area contributed by atoms with Gasteiger partial charge in [-0.15, -0.1) is 0 Å². The van der Waals surface area contributed by atoms with Crippen molar-refractivity contribution < 1.29 is 15.1 Å². The molecule has 0 aliphatic heterocycles. The third kappa shape index (κ3) is 3.15. The van der Waals surface area contributed by atoms with Crippen molar-refractivity contribution in [2.45, 2.75) is 18.9 Å². The van der Waals surface area contributed by atoms with Crippen molar-refractivity contribution in [1.82, 2.24) is 0 Å². The molecule has 1 rings (SSSR count). The normalized spacial score (nSPS) is 11.2. The smallest absolute Gasteiger partial charge is 0.271 e. The van der Waals surface area contributed by atoms with E-state index in [1.165, 1.54) is 12.1 Å². The van der Waals surface area contributed by atoms with Crippen LogP contribution in [-0.2, 0) is 0 Å². The number of nitrogens with one attached hydrogen (secondary N) is 1. The number of nitro groups is 1. The minimum atomic E-state index is -0.852. The number of non-ortho nitro benzene ring substituents is 1. The Hall–Kier alpha value is -1.66. The first-order valence-electron chi connectivity index (χ1n) is 5.31. The van der Waals surface area contributed by atoms with Gasteiger partial charge in [-0.1, -0.05) is 13.0 Å². The van der Waals surface area contributed by atoms with Crippen molar-refractivity contribution in [3.05, 3.63) is 34.4 Å².